The minimum atomic E-state index is 0.408. The number of para-hydroxylation sites is 2. The number of nitrogens with zero attached hydrogens (tertiary/aromatic N) is 1. The van der Waals surface area contributed by atoms with Crippen LogP contribution >= 0.6 is 12.2 Å². The minimum Gasteiger partial charge on any atom is -0.488 e. The van der Waals surface area contributed by atoms with Crippen LogP contribution in [-0.4, -0.2) is 17.4 Å². The molecular formula is C16H17N3OS. The maximum absolute atomic E-state index is 5.58. The number of rotatable bonds is 5. The Morgan fingerprint density at radius 3 is 2.33 bits per heavy atom. The van der Waals surface area contributed by atoms with Crippen molar-refractivity contribution in [3.63, 3.8) is 0 Å². The van der Waals surface area contributed by atoms with Gasteiger partial charge in [-0.15, -0.1) is 0 Å². The lowest BCUT2D eigenvalue weighted by atomic mass is 10.3. The first-order valence-corrected chi connectivity index (χ1v) is 6.98. The number of hydrogen-bond acceptors (Lipinski definition) is 3. The van der Waals surface area contributed by atoms with Crippen molar-refractivity contribution < 1.29 is 4.74 Å². The van der Waals surface area contributed by atoms with E-state index in [0.29, 0.717) is 11.7 Å². The molecule has 2 aromatic carbocycles. The predicted octanol–water partition coefficient (Wildman–Crippen LogP) is 3.43. The van der Waals surface area contributed by atoms with Crippen molar-refractivity contribution >= 4 is 28.7 Å². The average Bonchev–Trinajstić information content (AvgIpc) is 2.53. The third-order valence-electron chi connectivity index (χ3n) is 2.57. The second-order valence-electron chi connectivity index (χ2n) is 4.38. The number of nitrogens with one attached hydrogen (secondary N) is 2. The van der Waals surface area contributed by atoms with Gasteiger partial charge in [0.2, 0.25) is 0 Å². The van der Waals surface area contributed by atoms with Crippen molar-refractivity contribution in [3.05, 3.63) is 60.7 Å². The van der Waals surface area contributed by atoms with Crippen LogP contribution in [0.4, 0.5) is 5.69 Å². The van der Waals surface area contributed by atoms with E-state index in [1.807, 2.05) is 67.6 Å². The van der Waals surface area contributed by atoms with Gasteiger partial charge in [0.1, 0.15) is 12.4 Å². The number of anilines is 1. The molecule has 4 nitrogen and oxygen atoms in total. The lowest BCUT2D eigenvalue weighted by molar-refractivity contribution is 0.375. The fourth-order valence-electron chi connectivity index (χ4n) is 1.56. The highest BCUT2D eigenvalue weighted by atomic mass is 32.1. The minimum absolute atomic E-state index is 0.408. The van der Waals surface area contributed by atoms with Crippen molar-refractivity contribution in [1.82, 2.24) is 5.43 Å². The second kappa shape index (κ2) is 8.01. The average molecular weight is 299 g/mol. The molecule has 0 fully saturated rings. The summed E-state index contributed by atoms with van der Waals surface area (Å²) in [4.78, 5) is 0. The second-order valence-corrected chi connectivity index (χ2v) is 4.79. The monoisotopic (exact) mass is 299 g/mol. The third kappa shape index (κ3) is 5.62. The molecule has 0 atom stereocenters. The first-order valence-electron chi connectivity index (χ1n) is 6.57. The highest BCUT2D eigenvalue weighted by Gasteiger charge is 1.97. The molecule has 0 unspecified atom stereocenters. The van der Waals surface area contributed by atoms with Gasteiger partial charge in [0, 0.05) is 5.69 Å². The predicted molar refractivity (Wildman–Crippen MR) is 90.8 cm³/mol. The van der Waals surface area contributed by atoms with Crippen molar-refractivity contribution in [1.29, 1.82) is 0 Å². The number of hydrogen-bond donors (Lipinski definition) is 2. The Labute approximate surface area is 129 Å². The molecule has 0 aliphatic rings. The molecule has 2 rings (SSSR count). The van der Waals surface area contributed by atoms with Gasteiger partial charge in [0.05, 0.1) is 5.71 Å². The van der Waals surface area contributed by atoms with E-state index in [1.165, 1.54) is 0 Å². The van der Waals surface area contributed by atoms with Crippen LogP contribution in [0, 0.1) is 0 Å². The Balaban J connectivity index is 1.76. The van der Waals surface area contributed by atoms with Gasteiger partial charge in [-0.05, 0) is 43.4 Å². The van der Waals surface area contributed by atoms with Gasteiger partial charge in [-0.3, -0.25) is 5.43 Å². The number of thiocarbonyl (C=S) groups is 1. The van der Waals surface area contributed by atoms with E-state index in [2.05, 4.69) is 15.8 Å². The first kappa shape index (κ1) is 15.0. The van der Waals surface area contributed by atoms with Crippen LogP contribution in [0.15, 0.2) is 65.8 Å². The molecule has 2 aromatic rings. The Bertz CT molecular complexity index is 599. The Kier molecular flexibility index (Phi) is 5.72. The van der Waals surface area contributed by atoms with E-state index in [9.17, 15) is 0 Å². The first-order chi connectivity index (χ1) is 10.2. The van der Waals surface area contributed by atoms with Crippen molar-refractivity contribution in [2.24, 2.45) is 5.10 Å². The van der Waals surface area contributed by atoms with E-state index in [0.717, 1.165) is 17.1 Å². The van der Waals surface area contributed by atoms with E-state index in [-0.39, 0.29) is 0 Å². The summed E-state index contributed by atoms with van der Waals surface area (Å²) in [5.41, 5.74) is 4.52. The maximum atomic E-state index is 5.58. The number of ether oxygens (including phenoxy) is 1. The number of hydrazone groups is 1. The Morgan fingerprint density at radius 1 is 1.05 bits per heavy atom. The summed E-state index contributed by atoms with van der Waals surface area (Å²) >= 11 is 5.16. The SMILES string of the molecule is C/C(COc1ccccc1)=N\NC(=S)Nc1ccccc1. The summed E-state index contributed by atoms with van der Waals surface area (Å²) in [6, 6.07) is 19.3. The molecule has 0 heterocycles. The molecule has 0 amide bonds. The topological polar surface area (TPSA) is 45.6 Å². The molecule has 21 heavy (non-hydrogen) atoms. The van der Waals surface area contributed by atoms with Crippen LogP contribution < -0.4 is 15.5 Å². The van der Waals surface area contributed by atoms with Crippen LogP contribution in [0.25, 0.3) is 0 Å². The molecule has 0 spiro atoms. The van der Waals surface area contributed by atoms with Crippen LogP contribution in [0.2, 0.25) is 0 Å². The summed E-state index contributed by atoms with van der Waals surface area (Å²) in [6.45, 7) is 2.28. The molecule has 0 radical (unpaired) electrons. The van der Waals surface area contributed by atoms with Gasteiger partial charge in [0.15, 0.2) is 5.11 Å². The number of benzene rings is 2. The molecule has 2 N–H and O–H groups in total. The summed E-state index contributed by atoms with van der Waals surface area (Å²) < 4.78 is 5.58. The normalized spacial score (nSPS) is 10.8. The van der Waals surface area contributed by atoms with Crippen molar-refractivity contribution in [3.8, 4) is 5.75 Å². The summed E-state index contributed by atoms with van der Waals surface area (Å²) in [6.07, 6.45) is 0. The molecule has 0 bridgehead atoms. The molecular weight excluding hydrogens is 282 g/mol. The molecule has 0 aliphatic carbocycles. The van der Waals surface area contributed by atoms with E-state index in [1.54, 1.807) is 0 Å². The van der Waals surface area contributed by atoms with Gasteiger partial charge >= 0.3 is 0 Å². The molecule has 0 aliphatic heterocycles. The van der Waals surface area contributed by atoms with Crippen LogP contribution in [0.3, 0.4) is 0 Å². The molecule has 0 aromatic heterocycles. The van der Waals surface area contributed by atoms with E-state index < -0.39 is 0 Å². The molecule has 108 valence electrons. The van der Waals surface area contributed by atoms with Gasteiger partial charge in [0.25, 0.3) is 0 Å². The highest BCUT2D eigenvalue weighted by Crippen LogP contribution is 2.08. The smallest absolute Gasteiger partial charge is 0.191 e. The fourth-order valence-corrected chi connectivity index (χ4v) is 1.73. The lowest BCUT2D eigenvalue weighted by Crippen LogP contribution is -2.25. The molecule has 0 saturated heterocycles. The van der Waals surface area contributed by atoms with Crippen LogP contribution in [0.1, 0.15) is 6.92 Å². The molecule has 0 saturated carbocycles. The maximum Gasteiger partial charge on any atom is 0.191 e. The van der Waals surface area contributed by atoms with Gasteiger partial charge in [-0.1, -0.05) is 36.4 Å². The van der Waals surface area contributed by atoms with E-state index in [4.69, 9.17) is 17.0 Å². The lowest BCUT2D eigenvalue weighted by Gasteiger charge is -2.08. The Hall–Kier alpha value is -2.40. The van der Waals surface area contributed by atoms with Crippen LogP contribution in [0.5, 0.6) is 5.75 Å². The van der Waals surface area contributed by atoms with Crippen LogP contribution in [-0.2, 0) is 0 Å². The summed E-state index contributed by atoms with van der Waals surface area (Å²) in [7, 11) is 0. The standard InChI is InChI=1S/C16H17N3OS/c1-13(12-20-15-10-6-3-7-11-15)18-19-16(21)17-14-8-4-2-5-9-14/h2-11H,12H2,1H3,(H2,17,19,21)/b18-13+. The van der Waals surface area contributed by atoms with E-state index >= 15 is 0 Å². The zero-order chi connectivity index (χ0) is 14.9. The Morgan fingerprint density at radius 2 is 1.67 bits per heavy atom. The van der Waals surface area contributed by atoms with Gasteiger partial charge in [-0.25, -0.2) is 0 Å². The van der Waals surface area contributed by atoms with Crippen molar-refractivity contribution in [2.75, 3.05) is 11.9 Å². The van der Waals surface area contributed by atoms with Gasteiger partial charge in [-0.2, -0.15) is 5.10 Å². The fraction of sp³-hybridized carbons (Fsp3) is 0.125. The van der Waals surface area contributed by atoms with Gasteiger partial charge < -0.3 is 10.1 Å². The highest BCUT2D eigenvalue weighted by molar-refractivity contribution is 7.80. The summed E-state index contributed by atoms with van der Waals surface area (Å²) in [5, 5.41) is 7.66. The molecule has 5 heteroatoms. The van der Waals surface area contributed by atoms with Crippen molar-refractivity contribution in [2.45, 2.75) is 6.92 Å². The zero-order valence-electron chi connectivity index (χ0n) is 11.7. The third-order valence-corrected chi connectivity index (χ3v) is 2.76. The largest absolute Gasteiger partial charge is 0.488 e. The quantitative estimate of drug-likeness (QED) is 0.504. The zero-order valence-corrected chi connectivity index (χ0v) is 12.6. The summed E-state index contributed by atoms with van der Waals surface area (Å²) in [5.74, 6) is 0.817.